The normalized spacial score (nSPS) is 21.4. The third-order valence-electron chi connectivity index (χ3n) is 3.88. The Morgan fingerprint density at radius 3 is 3.10 bits per heavy atom. The van der Waals surface area contributed by atoms with Crippen LogP contribution in [0.25, 0.3) is 11.2 Å². The van der Waals surface area contributed by atoms with Crippen molar-refractivity contribution < 1.29 is 0 Å². The van der Waals surface area contributed by atoms with Gasteiger partial charge in [0.25, 0.3) is 5.95 Å². The molecule has 2 aromatic rings. The van der Waals surface area contributed by atoms with E-state index in [0.717, 1.165) is 30.8 Å². The average molecular weight is 286 g/mol. The van der Waals surface area contributed by atoms with E-state index in [2.05, 4.69) is 42.5 Å². The lowest BCUT2D eigenvalue weighted by molar-refractivity contribution is 0.631. The van der Waals surface area contributed by atoms with Crippen molar-refractivity contribution in [2.24, 2.45) is 16.3 Å². The lowest BCUT2D eigenvalue weighted by Gasteiger charge is -2.13. The van der Waals surface area contributed by atoms with Crippen molar-refractivity contribution in [3.8, 4) is 0 Å². The van der Waals surface area contributed by atoms with Gasteiger partial charge in [-0.1, -0.05) is 12.1 Å². The lowest BCUT2D eigenvalue weighted by Crippen LogP contribution is -2.23. The highest BCUT2D eigenvalue weighted by molar-refractivity contribution is 5.83. The largest absolute Gasteiger partial charge is 0.368 e. The Hall–Kier alpha value is -2.25. The molecule has 1 saturated carbocycles. The number of H-pyrrole nitrogens is 1. The predicted molar refractivity (Wildman–Crippen MR) is 79.2 cm³/mol. The number of rotatable bonds is 5. The van der Waals surface area contributed by atoms with E-state index in [0.29, 0.717) is 23.6 Å². The van der Waals surface area contributed by atoms with Crippen molar-refractivity contribution in [1.29, 1.82) is 0 Å². The first kappa shape index (κ1) is 12.5. The van der Waals surface area contributed by atoms with Crippen LogP contribution < -0.4 is 10.3 Å². The van der Waals surface area contributed by atoms with Gasteiger partial charge in [-0.3, -0.25) is 0 Å². The molecule has 8 nitrogen and oxygen atoms in total. The molecule has 2 aliphatic rings. The number of fused-ring (bicyclic) bond motifs is 1. The van der Waals surface area contributed by atoms with Gasteiger partial charge in [-0.25, -0.2) is 9.99 Å². The van der Waals surface area contributed by atoms with Crippen molar-refractivity contribution >= 4 is 22.9 Å². The van der Waals surface area contributed by atoms with E-state index in [1.807, 2.05) is 0 Å². The first-order chi connectivity index (χ1) is 10.3. The lowest BCUT2D eigenvalue weighted by atomic mass is 10.2. The molecule has 8 heteroatoms. The summed E-state index contributed by atoms with van der Waals surface area (Å²) in [6, 6.07) is 0.301. The number of aromatic nitrogens is 4. The summed E-state index contributed by atoms with van der Waals surface area (Å²) in [5.41, 5.74) is 1.49. The van der Waals surface area contributed by atoms with Crippen LogP contribution in [0.15, 0.2) is 16.7 Å². The van der Waals surface area contributed by atoms with Crippen molar-refractivity contribution in [3.05, 3.63) is 6.33 Å². The summed E-state index contributed by atoms with van der Waals surface area (Å²) in [6.07, 6.45) is 5.20. The first-order valence-electron chi connectivity index (χ1n) is 7.48. The molecule has 0 amide bonds. The van der Waals surface area contributed by atoms with Crippen LogP contribution in [-0.2, 0) is 0 Å². The Morgan fingerprint density at radius 1 is 1.38 bits per heavy atom. The van der Waals surface area contributed by atoms with Gasteiger partial charge in [-0.05, 0) is 25.2 Å². The van der Waals surface area contributed by atoms with Gasteiger partial charge >= 0.3 is 0 Å². The number of anilines is 2. The van der Waals surface area contributed by atoms with Gasteiger partial charge in [0, 0.05) is 6.54 Å². The van der Waals surface area contributed by atoms with E-state index < -0.39 is 0 Å². The molecule has 21 heavy (non-hydrogen) atoms. The first-order valence-corrected chi connectivity index (χ1v) is 7.48. The van der Waals surface area contributed by atoms with Crippen LogP contribution in [0.4, 0.5) is 11.8 Å². The van der Waals surface area contributed by atoms with E-state index in [1.165, 1.54) is 12.8 Å². The number of hydrogen-bond donors (Lipinski definition) is 2. The molecule has 110 valence electrons. The number of nitrogens with zero attached hydrogens (tertiary/aromatic N) is 6. The second-order valence-electron chi connectivity index (χ2n) is 5.59. The zero-order chi connectivity index (χ0) is 14.2. The molecule has 0 spiro atoms. The predicted octanol–water partition coefficient (Wildman–Crippen LogP) is 2.14. The molecule has 0 radical (unpaired) electrons. The third kappa shape index (κ3) is 2.30. The van der Waals surface area contributed by atoms with Crippen LogP contribution >= 0.6 is 0 Å². The fourth-order valence-electron chi connectivity index (χ4n) is 2.53. The van der Waals surface area contributed by atoms with Crippen LogP contribution in [0.3, 0.4) is 0 Å². The molecule has 0 bridgehead atoms. The van der Waals surface area contributed by atoms with Crippen molar-refractivity contribution in [2.75, 3.05) is 23.4 Å². The molecule has 2 N–H and O–H groups in total. The van der Waals surface area contributed by atoms with E-state index in [9.17, 15) is 0 Å². The number of imidazole rings is 1. The van der Waals surface area contributed by atoms with Crippen LogP contribution in [0.2, 0.25) is 0 Å². The molecule has 4 rings (SSSR count). The highest BCUT2D eigenvalue weighted by Crippen LogP contribution is 2.37. The average Bonchev–Trinajstić information content (AvgIpc) is 3.04. The molecule has 1 aliphatic heterocycles. The number of hydrogen-bond acceptors (Lipinski definition) is 7. The molecule has 1 fully saturated rings. The minimum atomic E-state index is 0.301. The quantitative estimate of drug-likeness (QED) is 0.878. The second kappa shape index (κ2) is 4.94. The fraction of sp³-hybridized carbons (Fsp3) is 0.615. The maximum atomic E-state index is 4.59. The molecule has 3 heterocycles. The maximum Gasteiger partial charge on any atom is 0.251 e. The summed E-state index contributed by atoms with van der Waals surface area (Å²) >= 11 is 0. The zero-order valence-electron chi connectivity index (χ0n) is 12.0. The summed E-state index contributed by atoms with van der Waals surface area (Å²) in [5, 5.41) is 13.7. The van der Waals surface area contributed by atoms with Crippen molar-refractivity contribution in [2.45, 2.75) is 32.2 Å². The Labute approximate surface area is 122 Å². The zero-order valence-corrected chi connectivity index (χ0v) is 12.0. The molecule has 1 unspecified atom stereocenters. The van der Waals surface area contributed by atoms with Gasteiger partial charge in [-0.2, -0.15) is 15.1 Å². The molecule has 0 saturated heterocycles. The van der Waals surface area contributed by atoms with E-state index in [4.69, 9.17) is 0 Å². The van der Waals surface area contributed by atoms with Crippen LogP contribution in [0.5, 0.6) is 0 Å². The Bertz CT molecular complexity index is 674. The standard InChI is InChI=1S/C13H18N8/c1-2-5-14-11-10-12(16-7-15-10)18-13(17-11)21-6-9(19-20-21)8-3-4-8/h7-9H,2-6H2,1H3,(H2,14,15,16,17,18). The van der Waals surface area contributed by atoms with Crippen LogP contribution in [0.1, 0.15) is 26.2 Å². The van der Waals surface area contributed by atoms with Crippen molar-refractivity contribution in [1.82, 2.24) is 19.9 Å². The fourth-order valence-corrected chi connectivity index (χ4v) is 2.53. The monoisotopic (exact) mass is 286 g/mol. The Morgan fingerprint density at radius 2 is 2.29 bits per heavy atom. The molecule has 0 aromatic carbocycles. The Balaban J connectivity index is 1.63. The number of nitrogens with one attached hydrogen (secondary N) is 2. The third-order valence-corrected chi connectivity index (χ3v) is 3.88. The molecule has 2 aromatic heterocycles. The van der Waals surface area contributed by atoms with Gasteiger partial charge in [-0.15, -0.1) is 0 Å². The minimum Gasteiger partial charge on any atom is -0.368 e. The van der Waals surface area contributed by atoms with Gasteiger partial charge < -0.3 is 10.3 Å². The van der Waals surface area contributed by atoms with Crippen molar-refractivity contribution in [3.63, 3.8) is 0 Å². The summed E-state index contributed by atoms with van der Waals surface area (Å²) in [6.45, 7) is 3.75. The van der Waals surface area contributed by atoms with E-state index in [-0.39, 0.29) is 0 Å². The highest BCUT2D eigenvalue weighted by Gasteiger charge is 2.36. The molecular weight excluding hydrogens is 268 g/mol. The summed E-state index contributed by atoms with van der Waals surface area (Å²) in [7, 11) is 0. The maximum absolute atomic E-state index is 4.59. The highest BCUT2D eigenvalue weighted by atomic mass is 15.6. The minimum absolute atomic E-state index is 0.301. The number of aromatic amines is 1. The smallest absolute Gasteiger partial charge is 0.251 e. The molecule has 1 aliphatic carbocycles. The van der Waals surface area contributed by atoms with Gasteiger partial charge in [0.2, 0.25) is 0 Å². The van der Waals surface area contributed by atoms with Crippen LogP contribution in [-0.4, -0.2) is 39.1 Å². The van der Waals surface area contributed by atoms with Gasteiger partial charge in [0.15, 0.2) is 11.5 Å². The molecule has 1 atom stereocenters. The second-order valence-corrected chi connectivity index (χ2v) is 5.59. The summed E-state index contributed by atoms with van der Waals surface area (Å²) < 4.78 is 0. The summed E-state index contributed by atoms with van der Waals surface area (Å²) in [5.74, 6) is 2.05. The molecular formula is C13H18N8. The van der Waals surface area contributed by atoms with E-state index >= 15 is 0 Å². The topological polar surface area (TPSA) is 94.5 Å². The summed E-state index contributed by atoms with van der Waals surface area (Å²) in [4.78, 5) is 16.4. The van der Waals surface area contributed by atoms with E-state index in [1.54, 1.807) is 11.3 Å². The Kier molecular flexibility index (Phi) is 2.94. The van der Waals surface area contributed by atoms with Gasteiger partial charge in [0.05, 0.1) is 18.9 Å². The van der Waals surface area contributed by atoms with Crippen LogP contribution in [0, 0.1) is 5.92 Å². The van der Waals surface area contributed by atoms with Gasteiger partial charge in [0.1, 0.15) is 5.52 Å². The SMILES string of the molecule is CCCNc1nc(N2CC(C3CC3)N=N2)nc2nc[nH]c12.